The zero-order valence-corrected chi connectivity index (χ0v) is 16.3. The van der Waals surface area contributed by atoms with Crippen LogP contribution in [0.1, 0.15) is 15.9 Å². The van der Waals surface area contributed by atoms with Crippen LogP contribution in [0.5, 0.6) is 0 Å². The van der Waals surface area contributed by atoms with Crippen molar-refractivity contribution in [3.8, 4) is 0 Å². The minimum atomic E-state index is -4.01. The Morgan fingerprint density at radius 2 is 1.83 bits per heavy atom. The summed E-state index contributed by atoms with van der Waals surface area (Å²) in [5.74, 6) is -1.60. The van der Waals surface area contributed by atoms with E-state index in [0.717, 1.165) is 0 Å². The van der Waals surface area contributed by atoms with Gasteiger partial charge in [-0.1, -0.05) is 35.9 Å². The number of rotatable bonds is 5. The normalized spacial score (nSPS) is 11.5. The highest BCUT2D eigenvalue weighted by atomic mass is 35.5. The topological polar surface area (TPSA) is 91.9 Å². The number of aromatic nitrogens is 2. The third kappa shape index (κ3) is 3.59. The summed E-state index contributed by atoms with van der Waals surface area (Å²) in [6.45, 7) is 0. The summed E-state index contributed by atoms with van der Waals surface area (Å²) in [5.41, 5.74) is 0.00546. The standard InChI is InChI=1S/C20H13ClFN3O3S/c21-12-9-15-16(11-24-20(15)23-10-12)19(26)14-7-4-8-17(18(14)22)25-29(27,28)13-5-2-1-3-6-13/h1-11,25H,(H,23,24). The number of hydrogen-bond donors (Lipinski definition) is 2. The molecular formula is C20H13ClFN3O3S. The Morgan fingerprint density at radius 3 is 2.59 bits per heavy atom. The average molecular weight is 430 g/mol. The van der Waals surface area contributed by atoms with Crippen LogP contribution in [-0.2, 0) is 10.0 Å². The molecule has 2 heterocycles. The second kappa shape index (κ2) is 7.31. The van der Waals surface area contributed by atoms with E-state index in [4.69, 9.17) is 11.6 Å². The van der Waals surface area contributed by atoms with Crippen molar-refractivity contribution in [2.75, 3.05) is 4.72 Å². The molecular weight excluding hydrogens is 417 g/mol. The van der Waals surface area contributed by atoms with Crippen molar-refractivity contribution in [3.63, 3.8) is 0 Å². The zero-order chi connectivity index (χ0) is 20.6. The average Bonchev–Trinajstić information content (AvgIpc) is 3.12. The van der Waals surface area contributed by atoms with Crippen LogP contribution in [-0.4, -0.2) is 24.2 Å². The van der Waals surface area contributed by atoms with Crippen molar-refractivity contribution in [2.45, 2.75) is 4.90 Å². The van der Waals surface area contributed by atoms with Crippen LogP contribution in [0.25, 0.3) is 11.0 Å². The number of nitrogens with one attached hydrogen (secondary N) is 2. The Bertz CT molecular complexity index is 1340. The molecule has 0 radical (unpaired) electrons. The van der Waals surface area contributed by atoms with Gasteiger partial charge < -0.3 is 4.98 Å². The molecule has 0 bridgehead atoms. The van der Waals surface area contributed by atoms with Gasteiger partial charge in [-0.3, -0.25) is 9.52 Å². The lowest BCUT2D eigenvalue weighted by Gasteiger charge is -2.11. The first-order valence-corrected chi connectivity index (χ1v) is 10.3. The number of fused-ring (bicyclic) bond motifs is 1. The molecule has 0 amide bonds. The van der Waals surface area contributed by atoms with E-state index in [1.165, 1.54) is 42.7 Å². The molecule has 9 heteroatoms. The van der Waals surface area contributed by atoms with Crippen LogP contribution >= 0.6 is 11.6 Å². The van der Waals surface area contributed by atoms with E-state index in [9.17, 15) is 13.2 Å². The number of sulfonamides is 1. The van der Waals surface area contributed by atoms with Crippen molar-refractivity contribution in [1.29, 1.82) is 0 Å². The molecule has 0 fully saturated rings. The zero-order valence-electron chi connectivity index (χ0n) is 14.7. The van der Waals surface area contributed by atoms with E-state index in [0.29, 0.717) is 16.1 Å². The molecule has 0 aliphatic heterocycles. The predicted octanol–water partition coefficient (Wildman–Crippen LogP) is 4.39. The number of halogens is 2. The Hall–Kier alpha value is -3.23. The lowest BCUT2D eigenvalue weighted by Crippen LogP contribution is -2.15. The lowest BCUT2D eigenvalue weighted by molar-refractivity contribution is 0.103. The molecule has 0 spiro atoms. The fraction of sp³-hybridized carbons (Fsp3) is 0. The van der Waals surface area contributed by atoms with E-state index in [2.05, 4.69) is 14.7 Å². The molecule has 0 unspecified atom stereocenters. The molecule has 0 saturated heterocycles. The summed E-state index contributed by atoms with van der Waals surface area (Å²) in [7, 11) is -4.01. The quantitative estimate of drug-likeness (QED) is 0.460. The Labute approximate surface area is 170 Å². The highest BCUT2D eigenvalue weighted by molar-refractivity contribution is 7.92. The molecule has 4 rings (SSSR count). The number of ketones is 1. The number of aromatic amines is 1. The maximum Gasteiger partial charge on any atom is 0.261 e. The molecule has 2 N–H and O–H groups in total. The minimum Gasteiger partial charge on any atom is -0.345 e. The molecule has 4 aromatic rings. The van der Waals surface area contributed by atoms with Crippen molar-refractivity contribution >= 4 is 44.1 Å². The van der Waals surface area contributed by atoms with Crippen molar-refractivity contribution in [1.82, 2.24) is 9.97 Å². The number of benzene rings is 2. The molecule has 29 heavy (non-hydrogen) atoms. The van der Waals surface area contributed by atoms with Gasteiger partial charge in [-0.2, -0.15) is 0 Å². The first-order valence-electron chi connectivity index (χ1n) is 8.40. The summed E-state index contributed by atoms with van der Waals surface area (Å²) in [6.07, 6.45) is 2.84. The first kappa shape index (κ1) is 19.1. The van der Waals surface area contributed by atoms with Crippen LogP contribution in [0.3, 0.4) is 0 Å². The molecule has 0 atom stereocenters. The van der Waals surface area contributed by atoms with Gasteiger partial charge >= 0.3 is 0 Å². The van der Waals surface area contributed by atoms with Gasteiger partial charge in [0, 0.05) is 23.3 Å². The molecule has 0 saturated carbocycles. The van der Waals surface area contributed by atoms with E-state index in [1.54, 1.807) is 24.3 Å². The van der Waals surface area contributed by atoms with Crippen LogP contribution in [0.2, 0.25) is 5.02 Å². The fourth-order valence-electron chi connectivity index (χ4n) is 2.90. The van der Waals surface area contributed by atoms with Crippen LogP contribution in [0, 0.1) is 5.82 Å². The van der Waals surface area contributed by atoms with E-state index in [1.807, 2.05) is 0 Å². The van der Waals surface area contributed by atoms with Crippen molar-refractivity contribution in [3.05, 3.63) is 89.0 Å². The lowest BCUT2D eigenvalue weighted by atomic mass is 10.0. The van der Waals surface area contributed by atoms with Crippen molar-refractivity contribution in [2.24, 2.45) is 0 Å². The van der Waals surface area contributed by atoms with Gasteiger partial charge in [-0.25, -0.2) is 17.8 Å². The Morgan fingerprint density at radius 1 is 1.07 bits per heavy atom. The van der Waals surface area contributed by atoms with Gasteiger partial charge in [0.15, 0.2) is 11.6 Å². The predicted molar refractivity (Wildman–Crippen MR) is 108 cm³/mol. The maximum atomic E-state index is 15.0. The first-order chi connectivity index (χ1) is 13.9. The number of nitrogens with zero attached hydrogens (tertiary/aromatic N) is 1. The highest BCUT2D eigenvalue weighted by Gasteiger charge is 2.22. The van der Waals surface area contributed by atoms with Crippen LogP contribution < -0.4 is 4.72 Å². The number of anilines is 1. The van der Waals surface area contributed by atoms with Gasteiger partial charge in [-0.15, -0.1) is 0 Å². The van der Waals surface area contributed by atoms with Crippen LogP contribution in [0.15, 0.2) is 71.9 Å². The molecule has 2 aromatic heterocycles. The second-order valence-electron chi connectivity index (χ2n) is 6.17. The molecule has 146 valence electrons. The second-order valence-corrected chi connectivity index (χ2v) is 8.29. The number of carbonyl (C=O) groups excluding carboxylic acids is 1. The highest BCUT2D eigenvalue weighted by Crippen LogP contribution is 2.27. The van der Waals surface area contributed by atoms with Crippen LogP contribution in [0.4, 0.5) is 10.1 Å². The van der Waals surface area contributed by atoms with E-state index >= 15 is 4.39 Å². The number of hydrogen-bond acceptors (Lipinski definition) is 4. The van der Waals surface area contributed by atoms with Crippen molar-refractivity contribution < 1.29 is 17.6 Å². The fourth-order valence-corrected chi connectivity index (χ4v) is 4.14. The summed E-state index contributed by atoms with van der Waals surface area (Å²) >= 11 is 5.95. The van der Waals surface area contributed by atoms with E-state index in [-0.39, 0.29) is 21.7 Å². The third-order valence-electron chi connectivity index (χ3n) is 4.28. The number of pyridine rings is 1. The van der Waals surface area contributed by atoms with Gasteiger partial charge in [0.2, 0.25) is 0 Å². The number of carbonyl (C=O) groups is 1. The van der Waals surface area contributed by atoms with Gasteiger partial charge in [-0.05, 0) is 30.3 Å². The maximum absolute atomic E-state index is 15.0. The minimum absolute atomic E-state index is 0.0199. The summed E-state index contributed by atoms with van der Waals surface area (Å²) in [4.78, 5) is 19.8. The Kier molecular flexibility index (Phi) is 4.81. The molecule has 6 nitrogen and oxygen atoms in total. The Balaban J connectivity index is 1.73. The molecule has 0 aliphatic carbocycles. The molecule has 2 aromatic carbocycles. The number of H-pyrrole nitrogens is 1. The molecule has 0 aliphatic rings. The SMILES string of the molecule is O=C(c1cccc(NS(=O)(=O)c2ccccc2)c1F)c1c[nH]c2ncc(Cl)cc12. The summed E-state index contributed by atoms with van der Waals surface area (Å²) < 4.78 is 42.2. The largest absolute Gasteiger partial charge is 0.345 e. The van der Waals surface area contributed by atoms with Gasteiger partial charge in [0.05, 0.1) is 21.2 Å². The summed E-state index contributed by atoms with van der Waals surface area (Å²) in [5, 5.41) is 0.771. The van der Waals surface area contributed by atoms with Gasteiger partial charge in [0.25, 0.3) is 10.0 Å². The third-order valence-corrected chi connectivity index (χ3v) is 5.87. The van der Waals surface area contributed by atoms with Gasteiger partial charge in [0.1, 0.15) is 5.65 Å². The summed E-state index contributed by atoms with van der Waals surface area (Å²) in [6, 6.07) is 13.0. The smallest absolute Gasteiger partial charge is 0.261 e. The van der Waals surface area contributed by atoms with E-state index < -0.39 is 21.6 Å². The monoisotopic (exact) mass is 429 g/mol.